The van der Waals surface area contributed by atoms with Gasteiger partial charge in [-0.25, -0.2) is 0 Å². The first-order chi connectivity index (χ1) is 9.58. The Morgan fingerprint density at radius 1 is 1.25 bits per heavy atom. The molecule has 0 unspecified atom stereocenters. The average molecular weight is 337 g/mol. The Morgan fingerprint density at radius 3 is 2.55 bits per heavy atom. The van der Waals surface area contributed by atoms with E-state index in [1.807, 2.05) is 24.3 Å². The molecule has 2 rings (SSSR count). The van der Waals surface area contributed by atoms with Crippen LogP contribution in [0.4, 0.5) is 11.4 Å². The van der Waals surface area contributed by atoms with E-state index in [-0.39, 0.29) is 5.69 Å². The zero-order valence-corrected chi connectivity index (χ0v) is 12.4. The van der Waals surface area contributed by atoms with Gasteiger partial charge in [-0.3, -0.25) is 10.1 Å². The SMILES string of the molecule is COc1cc(NCc2ccc(Br)cc2)cc([N+](=O)[O-])c1. The molecule has 20 heavy (non-hydrogen) atoms. The smallest absolute Gasteiger partial charge is 0.275 e. The topological polar surface area (TPSA) is 64.4 Å². The number of nitrogens with zero attached hydrogens (tertiary/aromatic N) is 1. The number of non-ortho nitro benzene ring substituents is 1. The van der Waals surface area contributed by atoms with E-state index in [0.717, 1.165) is 10.0 Å². The Bertz CT molecular complexity index is 614. The highest BCUT2D eigenvalue weighted by atomic mass is 79.9. The van der Waals surface area contributed by atoms with Crippen LogP contribution in [-0.2, 0) is 6.54 Å². The molecule has 0 aliphatic carbocycles. The fourth-order valence-electron chi connectivity index (χ4n) is 1.72. The van der Waals surface area contributed by atoms with E-state index in [2.05, 4.69) is 21.2 Å². The molecule has 0 spiro atoms. The average Bonchev–Trinajstić information content (AvgIpc) is 2.46. The lowest BCUT2D eigenvalue weighted by molar-refractivity contribution is -0.384. The van der Waals surface area contributed by atoms with E-state index in [1.54, 1.807) is 6.07 Å². The second kappa shape index (κ2) is 6.38. The molecule has 0 saturated heterocycles. The molecule has 104 valence electrons. The van der Waals surface area contributed by atoms with Gasteiger partial charge in [-0.15, -0.1) is 0 Å². The third-order valence-corrected chi connectivity index (χ3v) is 3.28. The molecule has 2 aromatic rings. The first-order valence-corrected chi connectivity index (χ1v) is 6.69. The van der Waals surface area contributed by atoms with E-state index < -0.39 is 4.92 Å². The number of benzene rings is 2. The summed E-state index contributed by atoms with van der Waals surface area (Å²) in [5.74, 6) is 0.456. The molecular formula is C14H13BrN2O3. The summed E-state index contributed by atoms with van der Waals surface area (Å²) < 4.78 is 6.08. The summed E-state index contributed by atoms with van der Waals surface area (Å²) in [6, 6.07) is 12.5. The molecule has 1 N–H and O–H groups in total. The van der Waals surface area contributed by atoms with Crippen molar-refractivity contribution in [1.82, 2.24) is 0 Å². The largest absolute Gasteiger partial charge is 0.496 e. The van der Waals surface area contributed by atoms with Gasteiger partial charge in [0.2, 0.25) is 0 Å². The van der Waals surface area contributed by atoms with Gasteiger partial charge in [-0.2, -0.15) is 0 Å². The lowest BCUT2D eigenvalue weighted by atomic mass is 10.2. The summed E-state index contributed by atoms with van der Waals surface area (Å²) in [5, 5.41) is 14.0. The number of methoxy groups -OCH3 is 1. The minimum Gasteiger partial charge on any atom is -0.496 e. The molecule has 0 bridgehead atoms. The fraction of sp³-hybridized carbons (Fsp3) is 0.143. The zero-order valence-electron chi connectivity index (χ0n) is 10.8. The van der Waals surface area contributed by atoms with Crippen molar-refractivity contribution < 1.29 is 9.66 Å². The molecule has 6 heteroatoms. The molecule has 2 aromatic carbocycles. The highest BCUT2D eigenvalue weighted by Gasteiger charge is 2.10. The van der Waals surface area contributed by atoms with Crippen LogP contribution in [0.1, 0.15) is 5.56 Å². The van der Waals surface area contributed by atoms with Crippen LogP contribution in [0.15, 0.2) is 46.9 Å². The van der Waals surface area contributed by atoms with Crippen molar-refractivity contribution >= 4 is 27.3 Å². The second-order valence-corrected chi connectivity index (χ2v) is 5.07. The minimum atomic E-state index is -0.437. The van der Waals surface area contributed by atoms with Gasteiger partial charge in [0.25, 0.3) is 5.69 Å². The Hall–Kier alpha value is -2.08. The monoisotopic (exact) mass is 336 g/mol. The van der Waals surface area contributed by atoms with Crippen molar-refractivity contribution in [1.29, 1.82) is 0 Å². The van der Waals surface area contributed by atoms with Crippen LogP contribution >= 0.6 is 15.9 Å². The number of hydrogen-bond donors (Lipinski definition) is 1. The third-order valence-electron chi connectivity index (χ3n) is 2.75. The number of hydrogen-bond acceptors (Lipinski definition) is 4. The third kappa shape index (κ3) is 3.71. The summed E-state index contributed by atoms with van der Waals surface area (Å²) >= 11 is 3.37. The predicted molar refractivity (Wildman–Crippen MR) is 81.1 cm³/mol. The number of nitrogens with one attached hydrogen (secondary N) is 1. The van der Waals surface area contributed by atoms with Crippen molar-refractivity contribution in [2.45, 2.75) is 6.54 Å². The van der Waals surface area contributed by atoms with Crippen molar-refractivity contribution in [3.05, 3.63) is 62.6 Å². The maximum absolute atomic E-state index is 10.9. The minimum absolute atomic E-state index is 0.00246. The summed E-state index contributed by atoms with van der Waals surface area (Å²) in [6.07, 6.45) is 0. The summed E-state index contributed by atoms with van der Waals surface area (Å²) in [5.41, 5.74) is 1.74. The van der Waals surface area contributed by atoms with E-state index in [1.165, 1.54) is 19.2 Å². The van der Waals surface area contributed by atoms with Gasteiger partial charge < -0.3 is 10.1 Å². The molecule has 0 aliphatic heterocycles. The van der Waals surface area contributed by atoms with Gasteiger partial charge in [0.1, 0.15) is 5.75 Å². The number of ether oxygens (including phenoxy) is 1. The highest BCUT2D eigenvalue weighted by molar-refractivity contribution is 9.10. The summed E-state index contributed by atoms with van der Waals surface area (Å²) in [6.45, 7) is 0.581. The number of nitro groups is 1. The van der Waals surface area contributed by atoms with Crippen LogP contribution in [0.2, 0.25) is 0 Å². The fourth-order valence-corrected chi connectivity index (χ4v) is 1.98. The van der Waals surface area contributed by atoms with Crippen LogP contribution in [0.5, 0.6) is 5.75 Å². The predicted octanol–water partition coefficient (Wildman–Crippen LogP) is 3.98. The Labute approximate surface area is 124 Å². The standard InChI is InChI=1S/C14H13BrN2O3/c1-20-14-7-12(6-13(8-14)17(18)19)16-9-10-2-4-11(15)5-3-10/h2-8,16H,9H2,1H3. The first-order valence-electron chi connectivity index (χ1n) is 5.90. The molecule has 0 fully saturated rings. The molecule has 0 radical (unpaired) electrons. The molecule has 0 heterocycles. The van der Waals surface area contributed by atoms with Crippen LogP contribution in [0.3, 0.4) is 0 Å². The lowest BCUT2D eigenvalue weighted by Crippen LogP contribution is -2.00. The molecule has 0 aliphatic rings. The Kier molecular flexibility index (Phi) is 4.57. The van der Waals surface area contributed by atoms with Gasteiger partial charge in [-0.1, -0.05) is 28.1 Å². The van der Waals surface area contributed by atoms with Crippen LogP contribution < -0.4 is 10.1 Å². The van der Waals surface area contributed by atoms with Gasteiger partial charge >= 0.3 is 0 Å². The van der Waals surface area contributed by atoms with Gasteiger partial charge in [-0.05, 0) is 17.7 Å². The number of rotatable bonds is 5. The molecule has 5 nitrogen and oxygen atoms in total. The highest BCUT2D eigenvalue weighted by Crippen LogP contribution is 2.26. The van der Waals surface area contributed by atoms with Crippen molar-refractivity contribution in [2.24, 2.45) is 0 Å². The van der Waals surface area contributed by atoms with Crippen molar-refractivity contribution in [3.8, 4) is 5.75 Å². The van der Waals surface area contributed by atoms with Gasteiger partial charge in [0.05, 0.1) is 18.1 Å². The molecular weight excluding hydrogens is 324 g/mol. The molecule has 0 amide bonds. The van der Waals surface area contributed by atoms with Crippen LogP contribution in [0.25, 0.3) is 0 Å². The number of anilines is 1. The lowest BCUT2D eigenvalue weighted by Gasteiger charge is -2.08. The van der Waals surface area contributed by atoms with Crippen LogP contribution in [0, 0.1) is 10.1 Å². The molecule has 0 aromatic heterocycles. The van der Waals surface area contributed by atoms with E-state index >= 15 is 0 Å². The van der Waals surface area contributed by atoms with Crippen molar-refractivity contribution in [3.63, 3.8) is 0 Å². The summed E-state index contributed by atoms with van der Waals surface area (Å²) in [4.78, 5) is 10.4. The van der Waals surface area contributed by atoms with Crippen molar-refractivity contribution in [2.75, 3.05) is 12.4 Å². The van der Waals surface area contributed by atoms with E-state index in [0.29, 0.717) is 18.0 Å². The maximum Gasteiger partial charge on any atom is 0.275 e. The number of nitro benzene ring substituents is 1. The first kappa shape index (κ1) is 14.3. The maximum atomic E-state index is 10.9. The molecule has 0 atom stereocenters. The molecule has 0 saturated carbocycles. The number of halogens is 1. The zero-order chi connectivity index (χ0) is 14.5. The van der Waals surface area contributed by atoms with E-state index in [4.69, 9.17) is 4.74 Å². The normalized spacial score (nSPS) is 10.1. The van der Waals surface area contributed by atoms with Crippen LogP contribution in [-0.4, -0.2) is 12.0 Å². The van der Waals surface area contributed by atoms with E-state index in [9.17, 15) is 10.1 Å². The quantitative estimate of drug-likeness (QED) is 0.662. The van der Waals surface area contributed by atoms with Gasteiger partial charge in [0.15, 0.2) is 0 Å². The second-order valence-electron chi connectivity index (χ2n) is 4.16. The Balaban J connectivity index is 2.14. The summed E-state index contributed by atoms with van der Waals surface area (Å²) in [7, 11) is 1.48. The Morgan fingerprint density at radius 2 is 1.95 bits per heavy atom. The van der Waals surface area contributed by atoms with Gasteiger partial charge in [0, 0.05) is 28.8 Å².